The number of nitrogens with zero attached hydrogens (tertiary/aromatic N) is 4. The quantitative estimate of drug-likeness (QED) is 0.341. The van der Waals surface area contributed by atoms with Crippen molar-refractivity contribution in [2.45, 2.75) is 25.8 Å². The predicted octanol–water partition coefficient (Wildman–Crippen LogP) is 4.27. The number of nitrogens with two attached hydrogens (primary N) is 1. The largest absolute Gasteiger partial charge is 0.382 e. The summed E-state index contributed by atoms with van der Waals surface area (Å²) in [6.07, 6.45) is 8.63. The minimum atomic E-state index is -0.469. The SMILES string of the molecule is Cc1ncnc2c1ccn2[C@@H]1C=C(CCc2ccc3cc(Cl)c(N)nc3c2)[C@H](C=O)[C@@H]1C=O. The van der Waals surface area contributed by atoms with Gasteiger partial charge >= 0.3 is 0 Å². The second kappa shape index (κ2) is 8.41. The zero-order chi connectivity index (χ0) is 23.1. The summed E-state index contributed by atoms with van der Waals surface area (Å²) in [6, 6.07) is 9.47. The lowest BCUT2D eigenvalue weighted by Crippen LogP contribution is -2.22. The standard InChI is InChI=1S/C25H22ClN5O2/c1-14-18-6-7-31(25(18)29-13-28-14)23-10-16(19(11-32)20(23)12-33)4-2-15-3-5-17-9-21(26)24(27)30-22(17)8-15/h3,5-13,19-20,23H,2,4H2,1H3,(H2,27,30)/t19-,20-,23+/m0/s1. The van der Waals surface area contributed by atoms with Gasteiger partial charge in [-0.25, -0.2) is 15.0 Å². The Morgan fingerprint density at radius 1 is 1.12 bits per heavy atom. The van der Waals surface area contributed by atoms with Gasteiger partial charge in [0.25, 0.3) is 0 Å². The van der Waals surface area contributed by atoms with Crippen LogP contribution >= 0.6 is 11.6 Å². The number of rotatable bonds is 6. The number of pyridine rings is 1. The molecule has 3 aromatic heterocycles. The number of benzene rings is 1. The van der Waals surface area contributed by atoms with Crippen molar-refractivity contribution in [3.05, 3.63) is 70.8 Å². The summed E-state index contributed by atoms with van der Waals surface area (Å²) < 4.78 is 1.97. The Bertz CT molecular complexity index is 1430. The van der Waals surface area contributed by atoms with Gasteiger partial charge in [0.1, 0.15) is 30.4 Å². The number of halogens is 1. The Hall–Kier alpha value is -3.58. The van der Waals surface area contributed by atoms with E-state index in [-0.39, 0.29) is 6.04 Å². The van der Waals surface area contributed by atoms with Crippen LogP contribution in [-0.2, 0) is 16.0 Å². The van der Waals surface area contributed by atoms with Crippen molar-refractivity contribution in [3.8, 4) is 0 Å². The van der Waals surface area contributed by atoms with E-state index >= 15 is 0 Å². The van der Waals surface area contributed by atoms with Crippen LogP contribution in [0.15, 0.2) is 54.5 Å². The highest BCUT2D eigenvalue weighted by Crippen LogP contribution is 2.41. The molecular formula is C25H22ClN5O2. The first-order chi connectivity index (χ1) is 16.0. The van der Waals surface area contributed by atoms with E-state index in [0.29, 0.717) is 23.7 Å². The van der Waals surface area contributed by atoms with Gasteiger partial charge in [0.2, 0.25) is 0 Å². The van der Waals surface area contributed by atoms with Crippen LogP contribution in [0.4, 0.5) is 5.82 Å². The highest BCUT2D eigenvalue weighted by atomic mass is 35.5. The molecule has 0 saturated heterocycles. The minimum absolute atomic E-state index is 0.264. The molecule has 2 N–H and O–H groups in total. The van der Waals surface area contributed by atoms with Crippen molar-refractivity contribution in [1.29, 1.82) is 0 Å². The molecule has 166 valence electrons. The van der Waals surface area contributed by atoms with E-state index in [9.17, 15) is 9.59 Å². The smallest absolute Gasteiger partial charge is 0.144 e. The Labute approximate surface area is 195 Å². The molecule has 8 heteroatoms. The molecule has 0 amide bonds. The number of carbonyl (C=O) groups is 2. The van der Waals surface area contributed by atoms with Crippen molar-refractivity contribution < 1.29 is 9.59 Å². The number of aryl methyl sites for hydroxylation is 2. The Morgan fingerprint density at radius 2 is 1.97 bits per heavy atom. The summed E-state index contributed by atoms with van der Waals surface area (Å²) in [6.45, 7) is 1.93. The summed E-state index contributed by atoms with van der Waals surface area (Å²) >= 11 is 6.07. The number of aldehydes is 2. The van der Waals surface area contributed by atoms with Gasteiger partial charge in [0.15, 0.2) is 0 Å². The molecule has 0 unspecified atom stereocenters. The summed E-state index contributed by atoms with van der Waals surface area (Å²) in [5, 5.41) is 2.29. The number of allylic oxidation sites excluding steroid dienone is 2. The van der Waals surface area contributed by atoms with Gasteiger partial charge in [0, 0.05) is 22.9 Å². The molecule has 0 bridgehead atoms. The number of anilines is 1. The van der Waals surface area contributed by atoms with E-state index in [1.165, 1.54) is 6.33 Å². The van der Waals surface area contributed by atoms with Crippen LogP contribution in [0.1, 0.15) is 23.7 Å². The second-order valence-electron chi connectivity index (χ2n) is 8.41. The molecule has 0 aliphatic heterocycles. The number of nitrogen functional groups attached to an aromatic ring is 1. The van der Waals surface area contributed by atoms with E-state index in [0.717, 1.165) is 51.3 Å². The molecule has 7 nitrogen and oxygen atoms in total. The molecule has 3 atom stereocenters. The van der Waals surface area contributed by atoms with Gasteiger partial charge in [-0.1, -0.05) is 35.4 Å². The van der Waals surface area contributed by atoms with Crippen molar-refractivity contribution in [1.82, 2.24) is 19.5 Å². The first kappa shape index (κ1) is 21.3. The fourth-order valence-electron chi connectivity index (χ4n) is 4.74. The summed E-state index contributed by atoms with van der Waals surface area (Å²) in [4.78, 5) is 37.1. The molecule has 4 aromatic rings. The van der Waals surface area contributed by atoms with Crippen LogP contribution < -0.4 is 5.73 Å². The first-order valence-electron chi connectivity index (χ1n) is 10.7. The zero-order valence-corrected chi connectivity index (χ0v) is 18.7. The van der Waals surface area contributed by atoms with E-state index < -0.39 is 11.8 Å². The van der Waals surface area contributed by atoms with Crippen LogP contribution in [0.25, 0.3) is 21.9 Å². The molecule has 1 aliphatic carbocycles. The van der Waals surface area contributed by atoms with E-state index in [1.807, 2.05) is 48.0 Å². The van der Waals surface area contributed by atoms with Crippen LogP contribution in [0, 0.1) is 18.8 Å². The van der Waals surface area contributed by atoms with Gasteiger partial charge < -0.3 is 19.9 Å². The van der Waals surface area contributed by atoms with Gasteiger partial charge in [0.05, 0.1) is 28.2 Å². The highest BCUT2D eigenvalue weighted by Gasteiger charge is 2.38. The lowest BCUT2D eigenvalue weighted by atomic mass is 9.89. The molecule has 1 aromatic carbocycles. The summed E-state index contributed by atoms with van der Waals surface area (Å²) in [5.74, 6) is -0.625. The molecule has 0 spiro atoms. The third kappa shape index (κ3) is 3.68. The lowest BCUT2D eigenvalue weighted by Gasteiger charge is -2.19. The Morgan fingerprint density at radius 3 is 2.76 bits per heavy atom. The maximum Gasteiger partial charge on any atom is 0.144 e. The summed E-state index contributed by atoms with van der Waals surface area (Å²) in [7, 11) is 0. The maximum absolute atomic E-state index is 12.0. The van der Waals surface area contributed by atoms with Crippen LogP contribution in [0.3, 0.4) is 0 Å². The van der Waals surface area contributed by atoms with Gasteiger partial charge in [-0.2, -0.15) is 0 Å². The number of hydrogen-bond donors (Lipinski definition) is 1. The molecule has 5 rings (SSSR count). The molecule has 3 heterocycles. The fourth-order valence-corrected chi connectivity index (χ4v) is 4.90. The topological polar surface area (TPSA) is 104 Å². The maximum atomic E-state index is 12.0. The molecule has 0 saturated carbocycles. The normalized spacial score (nSPS) is 20.3. The molecule has 1 aliphatic rings. The lowest BCUT2D eigenvalue weighted by molar-refractivity contribution is -0.118. The third-order valence-corrected chi connectivity index (χ3v) is 6.82. The van der Waals surface area contributed by atoms with Crippen molar-refractivity contribution in [2.24, 2.45) is 11.8 Å². The van der Waals surface area contributed by atoms with Gasteiger partial charge in [-0.15, -0.1) is 0 Å². The van der Waals surface area contributed by atoms with E-state index in [2.05, 4.69) is 15.0 Å². The number of aromatic nitrogens is 4. The van der Waals surface area contributed by atoms with Gasteiger partial charge in [-0.3, -0.25) is 0 Å². The van der Waals surface area contributed by atoms with E-state index in [1.54, 1.807) is 6.07 Å². The van der Waals surface area contributed by atoms with Crippen LogP contribution in [0.2, 0.25) is 5.02 Å². The minimum Gasteiger partial charge on any atom is -0.382 e. The molecule has 0 fully saturated rings. The van der Waals surface area contributed by atoms with Crippen molar-refractivity contribution in [2.75, 3.05) is 5.73 Å². The monoisotopic (exact) mass is 459 g/mol. The number of fused-ring (bicyclic) bond motifs is 2. The Kier molecular flexibility index (Phi) is 5.42. The number of hydrogen-bond acceptors (Lipinski definition) is 6. The summed E-state index contributed by atoms with van der Waals surface area (Å²) in [5.41, 5.74) is 10.3. The Balaban J connectivity index is 1.45. The average molecular weight is 460 g/mol. The second-order valence-corrected chi connectivity index (χ2v) is 8.82. The fraction of sp³-hybridized carbons (Fsp3) is 0.240. The molecule has 0 radical (unpaired) electrons. The van der Waals surface area contributed by atoms with Crippen LogP contribution in [0.5, 0.6) is 0 Å². The highest BCUT2D eigenvalue weighted by molar-refractivity contribution is 6.33. The number of carbonyl (C=O) groups excluding carboxylic acids is 2. The van der Waals surface area contributed by atoms with Gasteiger partial charge in [-0.05, 0) is 43.5 Å². The van der Waals surface area contributed by atoms with Crippen LogP contribution in [-0.4, -0.2) is 32.1 Å². The first-order valence-corrected chi connectivity index (χ1v) is 11.1. The van der Waals surface area contributed by atoms with E-state index in [4.69, 9.17) is 17.3 Å². The van der Waals surface area contributed by atoms with Crippen molar-refractivity contribution >= 4 is 51.9 Å². The predicted molar refractivity (Wildman–Crippen MR) is 128 cm³/mol. The zero-order valence-electron chi connectivity index (χ0n) is 18.0. The third-order valence-electron chi connectivity index (χ3n) is 6.52. The molecule has 33 heavy (non-hydrogen) atoms. The average Bonchev–Trinajstić information content (AvgIpc) is 3.40. The molecular weight excluding hydrogens is 438 g/mol. The van der Waals surface area contributed by atoms with Crippen molar-refractivity contribution in [3.63, 3.8) is 0 Å².